The number of para-hydroxylation sites is 1. The summed E-state index contributed by atoms with van der Waals surface area (Å²) in [7, 11) is 0. The highest BCUT2D eigenvalue weighted by Crippen LogP contribution is 2.32. The third-order valence-electron chi connectivity index (χ3n) is 5.27. The highest BCUT2D eigenvalue weighted by atomic mass is 35.5. The lowest BCUT2D eigenvalue weighted by molar-refractivity contribution is -0.124. The summed E-state index contributed by atoms with van der Waals surface area (Å²) < 4.78 is 0. The molecule has 0 aliphatic carbocycles. The highest BCUT2D eigenvalue weighted by molar-refractivity contribution is 6.31. The summed E-state index contributed by atoms with van der Waals surface area (Å²) in [6, 6.07) is 11.7. The second kappa shape index (κ2) is 7.28. The number of fused-ring (bicyclic) bond motifs is 2. The van der Waals surface area contributed by atoms with Crippen molar-refractivity contribution in [1.29, 1.82) is 0 Å². The van der Waals surface area contributed by atoms with Crippen LogP contribution in [-0.4, -0.2) is 41.8 Å². The lowest BCUT2D eigenvalue weighted by Gasteiger charge is -2.25. The van der Waals surface area contributed by atoms with Gasteiger partial charge in [-0.25, -0.2) is 0 Å². The average molecular weight is 398 g/mol. The van der Waals surface area contributed by atoms with Gasteiger partial charge in [0.25, 0.3) is 5.91 Å². The van der Waals surface area contributed by atoms with Gasteiger partial charge >= 0.3 is 0 Å². The van der Waals surface area contributed by atoms with E-state index in [9.17, 15) is 14.4 Å². The summed E-state index contributed by atoms with van der Waals surface area (Å²) in [6.07, 6.45) is 1.40. The number of nitrogens with one attached hydrogen (secondary N) is 1. The van der Waals surface area contributed by atoms with Crippen molar-refractivity contribution in [3.63, 3.8) is 0 Å². The Morgan fingerprint density at radius 2 is 2.00 bits per heavy atom. The highest BCUT2D eigenvalue weighted by Gasteiger charge is 2.42. The lowest BCUT2D eigenvalue weighted by atomic mass is 10.1. The number of hydrogen-bond donors (Lipinski definition) is 1. The fourth-order valence-corrected chi connectivity index (χ4v) is 4.01. The van der Waals surface area contributed by atoms with E-state index in [1.54, 1.807) is 41.3 Å². The molecule has 7 heteroatoms. The van der Waals surface area contributed by atoms with Crippen LogP contribution in [0, 0.1) is 6.92 Å². The summed E-state index contributed by atoms with van der Waals surface area (Å²) in [5.74, 6) is -0.707. The minimum atomic E-state index is -0.513. The third kappa shape index (κ3) is 3.24. The van der Waals surface area contributed by atoms with Crippen molar-refractivity contribution in [1.82, 2.24) is 4.90 Å². The molecule has 2 aromatic carbocycles. The maximum atomic E-state index is 13.2. The van der Waals surface area contributed by atoms with Crippen molar-refractivity contribution in [3.05, 3.63) is 58.6 Å². The molecule has 0 radical (unpaired) electrons. The number of carbonyl (C=O) groups is 3. The molecule has 1 N–H and O–H groups in total. The lowest BCUT2D eigenvalue weighted by Crippen LogP contribution is -2.47. The van der Waals surface area contributed by atoms with Crippen molar-refractivity contribution in [2.45, 2.75) is 25.8 Å². The van der Waals surface area contributed by atoms with Crippen LogP contribution in [0.4, 0.5) is 11.4 Å². The average Bonchev–Trinajstić information content (AvgIpc) is 3.15. The Hall–Kier alpha value is -2.86. The van der Waals surface area contributed by atoms with E-state index >= 15 is 0 Å². The largest absolute Gasteiger partial charge is 0.327 e. The maximum absolute atomic E-state index is 13.2. The van der Waals surface area contributed by atoms with E-state index in [4.69, 9.17) is 11.6 Å². The van der Waals surface area contributed by atoms with Gasteiger partial charge in [-0.3, -0.25) is 14.4 Å². The molecule has 6 nitrogen and oxygen atoms in total. The second-order valence-electron chi connectivity index (χ2n) is 7.11. The summed E-state index contributed by atoms with van der Waals surface area (Å²) >= 11 is 6.02. The number of anilines is 2. The number of nitrogens with zero attached hydrogens (tertiary/aromatic N) is 2. The van der Waals surface area contributed by atoms with Crippen LogP contribution in [0.5, 0.6) is 0 Å². The minimum absolute atomic E-state index is 0.153. The molecule has 0 saturated carbocycles. The van der Waals surface area contributed by atoms with E-state index in [2.05, 4.69) is 5.32 Å². The van der Waals surface area contributed by atoms with Crippen LogP contribution in [-0.2, 0) is 9.59 Å². The van der Waals surface area contributed by atoms with Gasteiger partial charge in [0.2, 0.25) is 11.8 Å². The molecule has 0 aromatic heterocycles. The second-order valence-corrected chi connectivity index (χ2v) is 7.54. The van der Waals surface area contributed by atoms with Crippen LogP contribution in [0.2, 0.25) is 5.02 Å². The van der Waals surface area contributed by atoms with Crippen LogP contribution in [0.3, 0.4) is 0 Å². The van der Waals surface area contributed by atoms with Gasteiger partial charge in [0.1, 0.15) is 12.6 Å². The van der Waals surface area contributed by atoms with Crippen molar-refractivity contribution in [2.75, 3.05) is 23.3 Å². The zero-order chi connectivity index (χ0) is 19.8. The first kappa shape index (κ1) is 18.5. The van der Waals surface area contributed by atoms with Crippen LogP contribution in [0.15, 0.2) is 42.5 Å². The van der Waals surface area contributed by atoms with Gasteiger partial charge in [-0.15, -0.1) is 0 Å². The molecule has 1 fully saturated rings. The van der Waals surface area contributed by atoms with Crippen LogP contribution in [0.1, 0.15) is 28.8 Å². The van der Waals surface area contributed by atoms with Gasteiger partial charge in [0.15, 0.2) is 0 Å². The van der Waals surface area contributed by atoms with Crippen molar-refractivity contribution >= 4 is 40.7 Å². The Bertz CT molecular complexity index is 975. The molecule has 0 spiro atoms. The maximum Gasteiger partial charge on any atom is 0.256 e. The fraction of sp³-hybridized carbons (Fsp3) is 0.286. The van der Waals surface area contributed by atoms with Gasteiger partial charge in [-0.05, 0) is 49.6 Å². The molecule has 2 aliphatic rings. The number of benzene rings is 2. The zero-order valence-corrected chi connectivity index (χ0v) is 16.2. The SMILES string of the molecule is Cc1ccc(Cl)cc1NC(=O)CN1C(=O)[C@@H]2CCCN2C(=O)c2ccccc21. The van der Waals surface area contributed by atoms with E-state index in [0.29, 0.717) is 34.9 Å². The van der Waals surface area contributed by atoms with Crippen molar-refractivity contribution in [2.24, 2.45) is 0 Å². The van der Waals surface area contributed by atoms with Gasteiger partial charge in [-0.1, -0.05) is 29.8 Å². The molecule has 1 saturated heterocycles. The number of halogens is 1. The number of hydrogen-bond acceptors (Lipinski definition) is 3. The van der Waals surface area contributed by atoms with Crippen molar-refractivity contribution in [3.8, 4) is 0 Å². The summed E-state index contributed by atoms with van der Waals surface area (Å²) in [5.41, 5.74) is 2.40. The Labute approximate surface area is 168 Å². The molecule has 2 aliphatic heterocycles. The number of aryl methyl sites for hydroxylation is 1. The normalized spacial score (nSPS) is 18.6. The molecule has 4 rings (SSSR count). The van der Waals surface area contributed by atoms with Crippen LogP contribution in [0.25, 0.3) is 0 Å². The fourth-order valence-electron chi connectivity index (χ4n) is 3.84. The number of rotatable bonds is 3. The van der Waals surface area contributed by atoms with Crippen LogP contribution >= 0.6 is 11.6 Å². The molecule has 0 bridgehead atoms. The third-order valence-corrected chi connectivity index (χ3v) is 5.50. The molecular weight excluding hydrogens is 378 g/mol. The first-order valence-electron chi connectivity index (χ1n) is 9.23. The van der Waals surface area contributed by atoms with E-state index < -0.39 is 6.04 Å². The smallest absolute Gasteiger partial charge is 0.256 e. The number of carbonyl (C=O) groups excluding carboxylic acids is 3. The summed E-state index contributed by atoms with van der Waals surface area (Å²) in [6.45, 7) is 2.26. The van der Waals surface area contributed by atoms with Gasteiger partial charge < -0.3 is 15.1 Å². The Morgan fingerprint density at radius 3 is 2.82 bits per heavy atom. The molecule has 1 atom stereocenters. The van der Waals surface area contributed by atoms with E-state index in [1.807, 2.05) is 13.0 Å². The van der Waals surface area contributed by atoms with Gasteiger partial charge in [0.05, 0.1) is 11.3 Å². The minimum Gasteiger partial charge on any atom is -0.327 e. The van der Waals surface area contributed by atoms with E-state index in [0.717, 1.165) is 12.0 Å². The monoisotopic (exact) mass is 397 g/mol. The van der Waals surface area contributed by atoms with Gasteiger partial charge in [0, 0.05) is 17.3 Å². The molecule has 3 amide bonds. The molecule has 2 aromatic rings. The molecule has 2 heterocycles. The van der Waals surface area contributed by atoms with E-state index in [1.165, 1.54) is 4.90 Å². The van der Waals surface area contributed by atoms with Crippen LogP contribution < -0.4 is 10.2 Å². The molecule has 0 unspecified atom stereocenters. The predicted octanol–water partition coefficient (Wildman–Crippen LogP) is 3.24. The predicted molar refractivity (Wildman–Crippen MR) is 108 cm³/mol. The first-order chi connectivity index (χ1) is 13.5. The summed E-state index contributed by atoms with van der Waals surface area (Å²) in [5, 5.41) is 3.34. The standard InChI is InChI=1S/C21H20ClN3O3/c1-13-8-9-14(22)11-16(13)23-19(26)12-25-17-6-3-2-5-15(17)20(27)24-10-4-7-18(24)21(25)28/h2-3,5-6,8-9,11,18H,4,7,10,12H2,1H3,(H,23,26)/t18-/m0/s1. The topological polar surface area (TPSA) is 69.7 Å². The van der Waals surface area contributed by atoms with Crippen molar-refractivity contribution < 1.29 is 14.4 Å². The molecular formula is C21H20ClN3O3. The Balaban J connectivity index is 1.64. The molecule has 144 valence electrons. The number of amides is 3. The molecule has 28 heavy (non-hydrogen) atoms. The zero-order valence-electron chi connectivity index (χ0n) is 15.4. The summed E-state index contributed by atoms with van der Waals surface area (Å²) in [4.78, 5) is 41.9. The first-order valence-corrected chi connectivity index (χ1v) is 9.61. The van der Waals surface area contributed by atoms with Gasteiger partial charge in [-0.2, -0.15) is 0 Å². The van der Waals surface area contributed by atoms with E-state index in [-0.39, 0.29) is 24.3 Å². The Morgan fingerprint density at radius 1 is 1.21 bits per heavy atom. The quantitative estimate of drug-likeness (QED) is 0.864. The Kier molecular flexibility index (Phi) is 4.81.